The summed E-state index contributed by atoms with van der Waals surface area (Å²) in [5.41, 5.74) is 8.38. The molecule has 6 N–H and O–H groups in total. The van der Waals surface area contributed by atoms with Gasteiger partial charge in [0.25, 0.3) is 10.0 Å². The van der Waals surface area contributed by atoms with Crippen LogP contribution in [0.5, 0.6) is 0 Å². The fraction of sp³-hybridized carbons (Fsp3) is 0.343. The van der Waals surface area contributed by atoms with Crippen LogP contribution < -0.4 is 21.2 Å². The van der Waals surface area contributed by atoms with E-state index < -0.39 is 10.0 Å². The van der Waals surface area contributed by atoms with Gasteiger partial charge in [0.15, 0.2) is 0 Å². The summed E-state index contributed by atoms with van der Waals surface area (Å²) in [4.78, 5) is 4.95. The van der Waals surface area contributed by atoms with Gasteiger partial charge in [-0.1, -0.05) is 92.0 Å². The summed E-state index contributed by atoms with van der Waals surface area (Å²) in [6.45, 7) is 10.1. The van der Waals surface area contributed by atoms with Crippen LogP contribution in [0.1, 0.15) is 56.1 Å². The van der Waals surface area contributed by atoms with Gasteiger partial charge in [0.2, 0.25) is 0 Å². The minimum atomic E-state index is -4.06. The van der Waals surface area contributed by atoms with Gasteiger partial charge in [-0.25, -0.2) is 8.42 Å². The van der Waals surface area contributed by atoms with E-state index in [2.05, 4.69) is 33.5 Å². The molecule has 47 heavy (non-hydrogen) atoms. The van der Waals surface area contributed by atoms with Crippen LogP contribution in [0.4, 0.5) is 0 Å². The van der Waals surface area contributed by atoms with Gasteiger partial charge in [-0.05, 0) is 67.1 Å². The van der Waals surface area contributed by atoms with Crippen LogP contribution in [0.2, 0.25) is 10.0 Å². The van der Waals surface area contributed by atoms with Crippen molar-refractivity contribution in [3.63, 3.8) is 0 Å². The molecule has 0 spiro atoms. The van der Waals surface area contributed by atoms with E-state index in [0.29, 0.717) is 51.7 Å². The number of nitrogens with one attached hydrogen (secondary N) is 4. The Morgan fingerprint density at radius 3 is 2.28 bits per heavy atom. The summed E-state index contributed by atoms with van der Waals surface area (Å²) in [5.74, 6) is 1.33. The molecule has 0 aromatic heterocycles. The molecule has 1 saturated carbocycles. The van der Waals surface area contributed by atoms with Gasteiger partial charge in [-0.15, -0.1) is 4.83 Å². The first-order chi connectivity index (χ1) is 22.5. The number of likely N-dealkylation sites (tertiary alicyclic amines) is 1. The Balaban J connectivity index is 1.31. The standard InChI is InChI=1S/C35H43Cl2N7O2S/c1-24(40-30-11-4-3-5-12-30)41-31-16-18-43(19-17-31)25(2)44(23-26-8-6-10-28(20-26)35(38)39)42-47(45,46)32-13-7-9-27(21-32)33-15-14-29(36)22-34(33)37/h6-10,13-15,20-22,30-31,40-42H,1-5,11-12,16-19,23H2,(H3,38,39). The highest BCUT2D eigenvalue weighted by atomic mass is 35.5. The van der Waals surface area contributed by atoms with E-state index in [-0.39, 0.29) is 23.3 Å². The van der Waals surface area contributed by atoms with E-state index in [4.69, 9.17) is 34.3 Å². The minimum Gasteiger partial charge on any atom is -0.384 e. The maximum Gasteiger partial charge on any atom is 0.257 e. The number of nitrogens with zero attached hydrogens (tertiary/aromatic N) is 2. The highest BCUT2D eigenvalue weighted by Gasteiger charge is 2.27. The first-order valence-electron chi connectivity index (χ1n) is 15.9. The van der Waals surface area contributed by atoms with Crippen LogP contribution in [0.3, 0.4) is 0 Å². The molecule has 1 heterocycles. The zero-order chi connectivity index (χ0) is 33.6. The van der Waals surface area contributed by atoms with Crippen molar-refractivity contribution in [2.45, 2.75) is 68.5 Å². The van der Waals surface area contributed by atoms with Gasteiger partial charge < -0.3 is 21.3 Å². The van der Waals surface area contributed by atoms with Gasteiger partial charge in [0.1, 0.15) is 11.7 Å². The fourth-order valence-electron chi connectivity index (χ4n) is 6.18. The summed E-state index contributed by atoms with van der Waals surface area (Å²) < 4.78 is 27.8. The van der Waals surface area contributed by atoms with E-state index in [0.717, 1.165) is 24.2 Å². The molecular formula is C35H43Cl2N7O2S. The van der Waals surface area contributed by atoms with Crippen LogP contribution >= 0.6 is 23.2 Å². The topological polar surface area (TPSA) is 127 Å². The minimum absolute atomic E-state index is 0.0652. The number of hydrazine groups is 1. The Labute approximate surface area is 288 Å². The van der Waals surface area contributed by atoms with Gasteiger partial charge in [-0.2, -0.15) is 0 Å². The Bertz CT molecular complexity index is 1720. The van der Waals surface area contributed by atoms with Crippen molar-refractivity contribution < 1.29 is 8.42 Å². The molecule has 3 aromatic carbocycles. The monoisotopic (exact) mass is 695 g/mol. The smallest absolute Gasteiger partial charge is 0.257 e. The maximum absolute atomic E-state index is 13.9. The van der Waals surface area contributed by atoms with Gasteiger partial charge in [-0.3, -0.25) is 10.4 Å². The third kappa shape index (κ3) is 9.22. The first kappa shape index (κ1) is 34.6. The van der Waals surface area contributed by atoms with Crippen molar-refractivity contribution in [3.8, 4) is 11.1 Å². The molecule has 12 heteroatoms. The molecule has 2 aliphatic rings. The molecule has 1 saturated heterocycles. The van der Waals surface area contributed by atoms with Crippen molar-refractivity contribution in [2.24, 2.45) is 5.73 Å². The quantitative estimate of drug-likeness (QED) is 0.0779. The van der Waals surface area contributed by atoms with E-state index >= 15 is 0 Å². The van der Waals surface area contributed by atoms with Crippen molar-refractivity contribution in [1.29, 1.82) is 5.41 Å². The van der Waals surface area contributed by atoms with E-state index in [1.54, 1.807) is 65.7 Å². The molecule has 1 aliphatic heterocycles. The summed E-state index contributed by atoms with van der Waals surface area (Å²) in [7, 11) is -4.06. The third-order valence-electron chi connectivity index (χ3n) is 8.73. The predicted molar refractivity (Wildman–Crippen MR) is 191 cm³/mol. The van der Waals surface area contributed by atoms with Crippen LogP contribution in [-0.2, 0) is 16.6 Å². The molecule has 2 fully saturated rings. The maximum atomic E-state index is 13.9. The molecular weight excluding hydrogens is 653 g/mol. The van der Waals surface area contributed by atoms with Gasteiger partial charge in [0, 0.05) is 46.3 Å². The van der Waals surface area contributed by atoms with Gasteiger partial charge in [0.05, 0.1) is 17.3 Å². The molecule has 0 unspecified atom stereocenters. The lowest BCUT2D eigenvalue weighted by Crippen LogP contribution is -2.50. The second-order valence-corrected chi connectivity index (χ2v) is 14.7. The fourth-order valence-corrected chi connectivity index (χ4v) is 7.81. The molecule has 5 rings (SSSR count). The van der Waals surface area contributed by atoms with Crippen LogP contribution in [0, 0.1) is 5.41 Å². The van der Waals surface area contributed by atoms with Gasteiger partial charge >= 0.3 is 0 Å². The zero-order valence-corrected chi connectivity index (χ0v) is 28.8. The highest BCUT2D eigenvalue weighted by Crippen LogP contribution is 2.32. The SMILES string of the molecule is C=C(NC1CCCCC1)NC1CCN(C(=C)N(Cc2cccc(C(=N)N)c2)NS(=O)(=O)c2cccc(-c3ccc(Cl)cc3Cl)c2)CC1. The van der Waals surface area contributed by atoms with Crippen molar-refractivity contribution in [2.75, 3.05) is 13.1 Å². The number of benzene rings is 3. The van der Waals surface area contributed by atoms with Crippen molar-refractivity contribution >= 4 is 39.1 Å². The van der Waals surface area contributed by atoms with Crippen LogP contribution in [0.25, 0.3) is 11.1 Å². The average Bonchev–Trinajstić information content (AvgIpc) is 3.05. The summed E-state index contributed by atoms with van der Waals surface area (Å²) >= 11 is 12.5. The summed E-state index contributed by atoms with van der Waals surface area (Å²) in [5, 5.41) is 17.5. The summed E-state index contributed by atoms with van der Waals surface area (Å²) in [6.07, 6.45) is 7.86. The zero-order valence-electron chi connectivity index (χ0n) is 26.4. The Morgan fingerprint density at radius 1 is 0.915 bits per heavy atom. The molecule has 250 valence electrons. The molecule has 0 atom stereocenters. The molecule has 0 radical (unpaired) electrons. The largest absolute Gasteiger partial charge is 0.384 e. The number of hydrogen-bond donors (Lipinski definition) is 5. The number of sulfonamides is 1. The van der Waals surface area contributed by atoms with E-state index in [1.165, 1.54) is 32.1 Å². The number of nitrogen functional groups attached to an aromatic ring is 1. The van der Waals surface area contributed by atoms with E-state index in [1.807, 2.05) is 6.07 Å². The van der Waals surface area contributed by atoms with Crippen LogP contribution in [-0.4, -0.2) is 49.3 Å². The number of rotatable bonds is 13. The number of hydrogen-bond acceptors (Lipinski definition) is 7. The second-order valence-electron chi connectivity index (χ2n) is 12.2. The lowest BCUT2D eigenvalue weighted by atomic mass is 9.95. The Kier molecular flexibility index (Phi) is 11.4. The number of amidine groups is 1. The van der Waals surface area contributed by atoms with E-state index in [9.17, 15) is 8.42 Å². The lowest BCUT2D eigenvalue weighted by Gasteiger charge is -2.40. The lowest BCUT2D eigenvalue weighted by molar-refractivity contribution is 0.152. The van der Waals surface area contributed by atoms with Crippen LogP contribution in [0.15, 0.2) is 96.4 Å². The third-order valence-corrected chi connectivity index (χ3v) is 10.6. The average molecular weight is 697 g/mol. The first-order valence-corrected chi connectivity index (χ1v) is 18.2. The number of nitrogens with two attached hydrogens (primary N) is 1. The van der Waals surface area contributed by atoms with Crippen molar-refractivity contribution in [3.05, 3.63) is 113 Å². The number of piperidine rings is 1. The molecule has 1 aliphatic carbocycles. The highest BCUT2D eigenvalue weighted by molar-refractivity contribution is 7.89. The molecule has 3 aromatic rings. The molecule has 0 bridgehead atoms. The Hall–Kier alpha value is -3.70. The Morgan fingerprint density at radius 2 is 1.60 bits per heavy atom. The second kappa shape index (κ2) is 15.5. The summed E-state index contributed by atoms with van der Waals surface area (Å²) in [6, 6.07) is 19.6. The van der Waals surface area contributed by atoms with Crippen molar-refractivity contribution in [1.82, 2.24) is 25.4 Å². The number of halogens is 2. The normalized spacial score (nSPS) is 16.0. The molecule has 0 amide bonds. The predicted octanol–water partition coefficient (Wildman–Crippen LogP) is 6.56. The molecule has 9 nitrogen and oxygen atoms in total.